The first-order valence-electron chi connectivity index (χ1n) is 4.42. The van der Waals surface area contributed by atoms with Crippen molar-refractivity contribution in [3.63, 3.8) is 0 Å². The van der Waals surface area contributed by atoms with Gasteiger partial charge in [0.2, 0.25) is 0 Å². The quantitative estimate of drug-likeness (QED) is 0.655. The van der Waals surface area contributed by atoms with Crippen molar-refractivity contribution in [2.75, 3.05) is 27.2 Å². The summed E-state index contributed by atoms with van der Waals surface area (Å²) >= 11 is 0. The summed E-state index contributed by atoms with van der Waals surface area (Å²) in [5.41, 5.74) is 0. The summed E-state index contributed by atoms with van der Waals surface area (Å²) in [4.78, 5) is 13.1. The summed E-state index contributed by atoms with van der Waals surface area (Å²) < 4.78 is 0. The maximum Gasteiger partial charge on any atom is 0.317 e. The van der Waals surface area contributed by atoms with Crippen molar-refractivity contribution in [3.05, 3.63) is 0 Å². The van der Waals surface area contributed by atoms with Crippen molar-refractivity contribution in [2.24, 2.45) is 0 Å². The van der Waals surface area contributed by atoms with E-state index in [1.165, 1.54) is 6.42 Å². The first-order chi connectivity index (χ1) is 5.77. The van der Waals surface area contributed by atoms with Gasteiger partial charge in [-0.25, -0.2) is 4.79 Å². The fraction of sp³-hybridized carbons (Fsp3) is 0.875. The maximum absolute atomic E-state index is 11.2. The molecule has 0 aliphatic carbocycles. The molecule has 4 nitrogen and oxygen atoms in total. The molecule has 13 heavy (non-hydrogen) atoms. The van der Waals surface area contributed by atoms with E-state index in [4.69, 9.17) is 0 Å². The van der Waals surface area contributed by atoms with E-state index in [2.05, 4.69) is 10.6 Å². The second kappa shape index (κ2) is 6.05. The molecule has 78 valence electrons. The Balaban J connectivity index is 0.00000144. The molecule has 2 N–H and O–H groups in total. The Labute approximate surface area is 85.5 Å². The third-order valence-electron chi connectivity index (χ3n) is 2.33. The minimum atomic E-state index is 0. The van der Waals surface area contributed by atoms with E-state index in [0.717, 1.165) is 19.5 Å². The van der Waals surface area contributed by atoms with Crippen LogP contribution in [0.2, 0.25) is 0 Å². The first-order valence-corrected chi connectivity index (χ1v) is 4.42. The second-order valence-electron chi connectivity index (χ2n) is 3.13. The molecule has 0 radical (unpaired) electrons. The summed E-state index contributed by atoms with van der Waals surface area (Å²) in [5, 5.41) is 5.83. The highest BCUT2D eigenvalue weighted by molar-refractivity contribution is 5.85. The number of hydrogen-bond donors (Lipinski definition) is 2. The van der Waals surface area contributed by atoms with E-state index in [1.807, 2.05) is 11.9 Å². The lowest BCUT2D eigenvalue weighted by Crippen LogP contribution is -2.49. The number of amides is 2. The van der Waals surface area contributed by atoms with Crippen molar-refractivity contribution >= 4 is 18.4 Å². The Morgan fingerprint density at radius 1 is 1.46 bits per heavy atom. The molecule has 1 fully saturated rings. The highest BCUT2D eigenvalue weighted by Crippen LogP contribution is 2.09. The average molecular weight is 208 g/mol. The van der Waals surface area contributed by atoms with Gasteiger partial charge in [-0.3, -0.25) is 0 Å². The van der Waals surface area contributed by atoms with Gasteiger partial charge in [0.15, 0.2) is 0 Å². The number of urea groups is 1. The molecule has 1 heterocycles. The fourth-order valence-electron chi connectivity index (χ4n) is 1.56. The number of halogens is 1. The number of likely N-dealkylation sites (N-methyl/N-ethyl adjacent to an activating group) is 1. The number of hydrogen-bond acceptors (Lipinski definition) is 2. The van der Waals surface area contributed by atoms with E-state index in [1.54, 1.807) is 7.05 Å². The van der Waals surface area contributed by atoms with Crippen LogP contribution in [0.15, 0.2) is 0 Å². The maximum atomic E-state index is 11.2. The van der Waals surface area contributed by atoms with E-state index < -0.39 is 0 Å². The van der Waals surface area contributed by atoms with Gasteiger partial charge in [-0.1, -0.05) is 0 Å². The number of nitrogens with zero attached hydrogens (tertiary/aromatic N) is 1. The predicted molar refractivity (Wildman–Crippen MR) is 55.4 cm³/mol. The number of likely N-dealkylation sites (tertiary alicyclic amines) is 1. The summed E-state index contributed by atoms with van der Waals surface area (Å²) in [7, 11) is 3.61. The third kappa shape index (κ3) is 3.40. The van der Waals surface area contributed by atoms with Gasteiger partial charge in [0.25, 0.3) is 0 Å². The molecular weight excluding hydrogens is 190 g/mol. The van der Waals surface area contributed by atoms with Crippen LogP contribution >= 0.6 is 12.4 Å². The molecule has 1 saturated heterocycles. The standard InChI is InChI=1S/C8H17N3O.ClH/c1-9-7-4-3-5-11(6-7)8(12)10-2;/h7,9H,3-6H2,1-2H3,(H,10,12);1H. The van der Waals surface area contributed by atoms with Gasteiger partial charge in [-0.05, 0) is 19.9 Å². The molecule has 5 heteroatoms. The Kier molecular flexibility index (Phi) is 5.82. The van der Waals surface area contributed by atoms with E-state index in [9.17, 15) is 4.79 Å². The molecule has 0 aromatic rings. The van der Waals surface area contributed by atoms with Crippen molar-refractivity contribution in [2.45, 2.75) is 18.9 Å². The minimum Gasteiger partial charge on any atom is -0.341 e. The number of nitrogens with one attached hydrogen (secondary N) is 2. The molecule has 0 saturated carbocycles. The first kappa shape index (κ1) is 12.5. The second-order valence-corrected chi connectivity index (χ2v) is 3.13. The van der Waals surface area contributed by atoms with Gasteiger partial charge in [0, 0.05) is 26.2 Å². The van der Waals surface area contributed by atoms with Crippen LogP contribution < -0.4 is 10.6 Å². The molecule has 1 rings (SSSR count). The van der Waals surface area contributed by atoms with Crippen molar-refractivity contribution in [1.29, 1.82) is 0 Å². The fourth-order valence-corrected chi connectivity index (χ4v) is 1.56. The van der Waals surface area contributed by atoms with Crippen LogP contribution in [0.25, 0.3) is 0 Å². The summed E-state index contributed by atoms with van der Waals surface area (Å²) in [6.45, 7) is 1.72. The van der Waals surface area contributed by atoms with Crippen LogP contribution in [0.5, 0.6) is 0 Å². The van der Waals surface area contributed by atoms with Crippen molar-refractivity contribution in [3.8, 4) is 0 Å². The Bertz CT molecular complexity index is 165. The van der Waals surface area contributed by atoms with Gasteiger partial charge in [-0.15, -0.1) is 12.4 Å². The molecule has 1 atom stereocenters. The van der Waals surface area contributed by atoms with Crippen molar-refractivity contribution in [1.82, 2.24) is 15.5 Å². The van der Waals surface area contributed by atoms with Crippen LogP contribution in [0.3, 0.4) is 0 Å². The van der Waals surface area contributed by atoms with Crippen LogP contribution in [-0.4, -0.2) is 44.2 Å². The Morgan fingerprint density at radius 3 is 2.69 bits per heavy atom. The molecule has 1 aliphatic heterocycles. The third-order valence-corrected chi connectivity index (χ3v) is 2.33. The van der Waals surface area contributed by atoms with Crippen molar-refractivity contribution < 1.29 is 4.79 Å². The smallest absolute Gasteiger partial charge is 0.317 e. The lowest BCUT2D eigenvalue weighted by Gasteiger charge is -2.32. The number of rotatable bonds is 1. The number of carbonyl (C=O) groups excluding carboxylic acids is 1. The van der Waals surface area contributed by atoms with E-state index >= 15 is 0 Å². The molecule has 0 aromatic heterocycles. The summed E-state index contributed by atoms with van der Waals surface area (Å²) in [6.07, 6.45) is 2.27. The van der Waals surface area contributed by atoms with Crippen LogP contribution in [-0.2, 0) is 0 Å². The number of carbonyl (C=O) groups is 1. The van der Waals surface area contributed by atoms with Crippen LogP contribution in [0.1, 0.15) is 12.8 Å². The van der Waals surface area contributed by atoms with Gasteiger partial charge < -0.3 is 15.5 Å². The average Bonchev–Trinajstić information content (AvgIpc) is 2.17. The predicted octanol–water partition coefficient (Wildman–Crippen LogP) is 0.431. The number of piperidine rings is 1. The Morgan fingerprint density at radius 2 is 2.15 bits per heavy atom. The molecule has 1 aliphatic rings. The SMILES string of the molecule is CNC(=O)N1CCCC(NC)C1.Cl. The monoisotopic (exact) mass is 207 g/mol. The lowest BCUT2D eigenvalue weighted by molar-refractivity contribution is 0.177. The Hall–Kier alpha value is -0.480. The lowest BCUT2D eigenvalue weighted by atomic mass is 10.1. The molecule has 1 unspecified atom stereocenters. The molecule has 2 amide bonds. The largest absolute Gasteiger partial charge is 0.341 e. The highest BCUT2D eigenvalue weighted by atomic mass is 35.5. The summed E-state index contributed by atoms with van der Waals surface area (Å²) in [6, 6.07) is 0.506. The minimum absolute atomic E-state index is 0. The van der Waals surface area contributed by atoms with Gasteiger partial charge in [-0.2, -0.15) is 0 Å². The van der Waals surface area contributed by atoms with Crippen LogP contribution in [0, 0.1) is 0 Å². The van der Waals surface area contributed by atoms with Gasteiger partial charge in [0.1, 0.15) is 0 Å². The van der Waals surface area contributed by atoms with E-state index in [0.29, 0.717) is 6.04 Å². The zero-order valence-corrected chi connectivity index (χ0v) is 8.99. The topological polar surface area (TPSA) is 44.4 Å². The molecular formula is C8H18ClN3O. The van der Waals surface area contributed by atoms with E-state index in [-0.39, 0.29) is 18.4 Å². The summed E-state index contributed by atoms with van der Waals surface area (Å²) in [5.74, 6) is 0. The molecule has 0 aromatic carbocycles. The van der Waals surface area contributed by atoms with Gasteiger partial charge in [0.05, 0.1) is 0 Å². The van der Waals surface area contributed by atoms with Crippen LogP contribution in [0.4, 0.5) is 4.79 Å². The molecule has 0 bridgehead atoms. The zero-order chi connectivity index (χ0) is 8.97. The molecule has 0 spiro atoms. The zero-order valence-electron chi connectivity index (χ0n) is 8.17. The normalized spacial score (nSPS) is 22.0. The van der Waals surface area contributed by atoms with Gasteiger partial charge >= 0.3 is 6.03 Å². The highest BCUT2D eigenvalue weighted by Gasteiger charge is 2.21.